The molecule has 25 heavy (non-hydrogen) atoms. The summed E-state index contributed by atoms with van der Waals surface area (Å²) in [5.74, 6) is -0.208. The van der Waals surface area contributed by atoms with Crippen molar-refractivity contribution in [3.05, 3.63) is 65.0 Å². The van der Waals surface area contributed by atoms with Gasteiger partial charge < -0.3 is 10.1 Å². The van der Waals surface area contributed by atoms with E-state index >= 15 is 0 Å². The van der Waals surface area contributed by atoms with Crippen molar-refractivity contribution < 1.29 is 9.53 Å². The minimum absolute atomic E-state index is 0.208. The van der Waals surface area contributed by atoms with Crippen molar-refractivity contribution in [3.63, 3.8) is 0 Å². The van der Waals surface area contributed by atoms with Crippen molar-refractivity contribution in [1.82, 2.24) is 9.88 Å². The first-order valence-electron chi connectivity index (χ1n) is 8.18. The van der Waals surface area contributed by atoms with Gasteiger partial charge in [-0.3, -0.25) is 14.7 Å². The van der Waals surface area contributed by atoms with E-state index in [0.717, 1.165) is 38.5 Å². The van der Waals surface area contributed by atoms with Crippen LogP contribution in [0.5, 0.6) is 0 Å². The van der Waals surface area contributed by atoms with E-state index in [1.54, 1.807) is 24.5 Å². The van der Waals surface area contributed by atoms with E-state index in [4.69, 9.17) is 16.3 Å². The van der Waals surface area contributed by atoms with Gasteiger partial charge in [-0.25, -0.2) is 0 Å². The van der Waals surface area contributed by atoms with Crippen molar-refractivity contribution in [1.29, 1.82) is 0 Å². The van der Waals surface area contributed by atoms with Crippen LogP contribution in [0.3, 0.4) is 0 Å². The lowest BCUT2D eigenvalue weighted by molar-refractivity contribution is -0.111. The molecule has 5 nitrogen and oxygen atoms in total. The third kappa shape index (κ3) is 5.39. The summed E-state index contributed by atoms with van der Waals surface area (Å²) in [4.78, 5) is 18.4. The van der Waals surface area contributed by atoms with Crippen LogP contribution >= 0.6 is 11.6 Å². The third-order valence-corrected chi connectivity index (χ3v) is 4.29. The highest BCUT2D eigenvalue weighted by Crippen LogP contribution is 2.16. The molecule has 0 aliphatic carbocycles. The van der Waals surface area contributed by atoms with Crippen LogP contribution in [0, 0.1) is 0 Å². The first-order chi connectivity index (χ1) is 12.2. The molecule has 3 rings (SSSR count). The van der Waals surface area contributed by atoms with Crippen molar-refractivity contribution in [3.8, 4) is 0 Å². The van der Waals surface area contributed by atoms with E-state index in [9.17, 15) is 4.79 Å². The smallest absolute Gasteiger partial charge is 0.248 e. The molecule has 1 fully saturated rings. The SMILES string of the molecule is O=C(/C=C/c1cnccc1Cl)Nc1ccc(CN2CCOCC2)cc1. The predicted molar refractivity (Wildman–Crippen MR) is 99.4 cm³/mol. The van der Waals surface area contributed by atoms with E-state index in [1.165, 1.54) is 11.6 Å². The molecule has 0 bridgehead atoms. The van der Waals surface area contributed by atoms with Crippen LogP contribution in [0.2, 0.25) is 5.02 Å². The number of benzene rings is 1. The second-order valence-corrected chi connectivity index (χ2v) is 6.21. The summed E-state index contributed by atoms with van der Waals surface area (Å²) in [6.45, 7) is 4.40. The van der Waals surface area contributed by atoms with E-state index in [0.29, 0.717) is 10.6 Å². The van der Waals surface area contributed by atoms with Gasteiger partial charge in [0.2, 0.25) is 5.91 Å². The molecule has 0 saturated carbocycles. The monoisotopic (exact) mass is 357 g/mol. The number of carbonyl (C=O) groups excluding carboxylic acids is 1. The number of nitrogens with zero attached hydrogens (tertiary/aromatic N) is 2. The highest BCUT2D eigenvalue weighted by atomic mass is 35.5. The number of amides is 1. The number of pyridine rings is 1. The van der Waals surface area contributed by atoms with Crippen molar-refractivity contribution in [2.75, 3.05) is 31.6 Å². The van der Waals surface area contributed by atoms with Crippen molar-refractivity contribution >= 4 is 29.3 Å². The van der Waals surface area contributed by atoms with Crippen LogP contribution in [0.15, 0.2) is 48.8 Å². The van der Waals surface area contributed by atoms with Crippen LogP contribution in [0.1, 0.15) is 11.1 Å². The molecule has 2 heterocycles. The van der Waals surface area contributed by atoms with E-state index in [1.807, 2.05) is 24.3 Å². The Morgan fingerprint density at radius 3 is 2.72 bits per heavy atom. The van der Waals surface area contributed by atoms with Gasteiger partial charge in [-0.05, 0) is 29.8 Å². The van der Waals surface area contributed by atoms with E-state index < -0.39 is 0 Å². The van der Waals surface area contributed by atoms with E-state index in [2.05, 4.69) is 15.2 Å². The third-order valence-electron chi connectivity index (χ3n) is 3.94. The molecule has 1 aromatic carbocycles. The van der Waals surface area contributed by atoms with Crippen molar-refractivity contribution in [2.45, 2.75) is 6.54 Å². The molecule has 0 unspecified atom stereocenters. The number of carbonyl (C=O) groups is 1. The summed E-state index contributed by atoms with van der Waals surface area (Å²) in [6, 6.07) is 9.59. The average molecular weight is 358 g/mol. The minimum Gasteiger partial charge on any atom is -0.379 e. The molecule has 1 N–H and O–H groups in total. The van der Waals surface area contributed by atoms with Gasteiger partial charge in [0, 0.05) is 49.4 Å². The Morgan fingerprint density at radius 1 is 1.24 bits per heavy atom. The Balaban J connectivity index is 1.54. The molecule has 1 aromatic heterocycles. The van der Waals surface area contributed by atoms with Gasteiger partial charge in [0.1, 0.15) is 0 Å². The van der Waals surface area contributed by atoms with Crippen molar-refractivity contribution in [2.24, 2.45) is 0 Å². The van der Waals surface area contributed by atoms with Crippen LogP contribution < -0.4 is 5.32 Å². The molecular weight excluding hydrogens is 338 g/mol. The minimum atomic E-state index is -0.208. The lowest BCUT2D eigenvalue weighted by Gasteiger charge is -2.26. The van der Waals surface area contributed by atoms with Gasteiger partial charge in [0.25, 0.3) is 0 Å². The summed E-state index contributed by atoms with van der Waals surface area (Å²) >= 11 is 6.03. The number of morpholine rings is 1. The molecule has 2 aromatic rings. The lowest BCUT2D eigenvalue weighted by atomic mass is 10.2. The summed E-state index contributed by atoms with van der Waals surface area (Å²) in [5.41, 5.74) is 2.69. The highest BCUT2D eigenvalue weighted by Gasteiger charge is 2.10. The maximum Gasteiger partial charge on any atom is 0.248 e. The zero-order valence-corrected chi connectivity index (χ0v) is 14.6. The molecule has 0 radical (unpaired) electrons. The number of anilines is 1. The number of aromatic nitrogens is 1. The standard InChI is InChI=1S/C19H20ClN3O2/c20-18-7-8-21-13-16(18)3-6-19(24)22-17-4-1-15(2-5-17)14-23-9-11-25-12-10-23/h1-8,13H,9-12,14H2,(H,22,24)/b6-3+. The Morgan fingerprint density at radius 2 is 2.00 bits per heavy atom. The first kappa shape index (κ1) is 17.6. The number of hydrogen-bond acceptors (Lipinski definition) is 4. The zero-order valence-electron chi connectivity index (χ0n) is 13.8. The number of ether oxygens (including phenoxy) is 1. The van der Waals surface area contributed by atoms with Crippen LogP contribution in [-0.2, 0) is 16.1 Å². The van der Waals surface area contributed by atoms with Crippen LogP contribution in [0.4, 0.5) is 5.69 Å². The lowest BCUT2D eigenvalue weighted by Crippen LogP contribution is -2.35. The average Bonchev–Trinajstić information content (AvgIpc) is 2.64. The Bertz CT molecular complexity index is 741. The molecule has 0 atom stereocenters. The number of halogens is 1. The van der Waals surface area contributed by atoms with Gasteiger partial charge in [0.15, 0.2) is 0 Å². The van der Waals surface area contributed by atoms with Gasteiger partial charge >= 0.3 is 0 Å². The molecule has 130 valence electrons. The number of hydrogen-bond donors (Lipinski definition) is 1. The first-order valence-corrected chi connectivity index (χ1v) is 8.56. The number of rotatable bonds is 5. The molecule has 1 saturated heterocycles. The number of nitrogens with one attached hydrogen (secondary N) is 1. The molecule has 1 aliphatic heterocycles. The fourth-order valence-corrected chi connectivity index (χ4v) is 2.74. The topological polar surface area (TPSA) is 54.5 Å². The molecular formula is C19H20ClN3O2. The highest BCUT2D eigenvalue weighted by molar-refractivity contribution is 6.32. The summed E-state index contributed by atoms with van der Waals surface area (Å²) < 4.78 is 5.35. The fourth-order valence-electron chi connectivity index (χ4n) is 2.57. The largest absolute Gasteiger partial charge is 0.379 e. The second kappa shape index (κ2) is 8.76. The predicted octanol–water partition coefficient (Wildman–Crippen LogP) is 3.22. The van der Waals surface area contributed by atoms with Gasteiger partial charge in [-0.1, -0.05) is 23.7 Å². The quantitative estimate of drug-likeness (QED) is 0.835. The molecule has 0 spiro atoms. The van der Waals surface area contributed by atoms with Gasteiger partial charge in [-0.15, -0.1) is 0 Å². The zero-order chi connectivity index (χ0) is 17.5. The molecule has 1 aliphatic rings. The Labute approximate surface area is 152 Å². The normalized spacial score (nSPS) is 15.4. The molecule has 6 heteroatoms. The summed E-state index contributed by atoms with van der Waals surface area (Å²) in [7, 11) is 0. The van der Waals surface area contributed by atoms with Crippen LogP contribution in [0.25, 0.3) is 6.08 Å². The second-order valence-electron chi connectivity index (χ2n) is 5.81. The summed E-state index contributed by atoms with van der Waals surface area (Å²) in [5, 5.41) is 3.40. The maximum atomic E-state index is 12.0. The van der Waals surface area contributed by atoms with Gasteiger partial charge in [0.05, 0.1) is 18.2 Å². The Kier molecular flexibility index (Phi) is 6.17. The Hall–Kier alpha value is -2.21. The fraction of sp³-hybridized carbons (Fsp3) is 0.263. The summed E-state index contributed by atoms with van der Waals surface area (Å²) in [6.07, 6.45) is 6.33. The molecule has 1 amide bonds. The van der Waals surface area contributed by atoms with E-state index in [-0.39, 0.29) is 5.91 Å². The van der Waals surface area contributed by atoms with Gasteiger partial charge in [-0.2, -0.15) is 0 Å². The maximum absolute atomic E-state index is 12.0. The van der Waals surface area contributed by atoms with Crippen LogP contribution in [-0.4, -0.2) is 42.1 Å².